The summed E-state index contributed by atoms with van der Waals surface area (Å²) < 4.78 is 5.28. The zero-order valence-electron chi connectivity index (χ0n) is 11.8. The number of hydrogen-bond acceptors (Lipinski definition) is 3. The Kier molecular flexibility index (Phi) is 4.43. The van der Waals surface area contributed by atoms with Crippen molar-refractivity contribution in [1.82, 2.24) is 10.2 Å². The second-order valence-electron chi connectivity index (χ2n) is 5.33. The monoisotopic (exact) mass is 262 g/mol. The summed E-state index contributed by atoms with van der Waals surface area (Å²) in [5.74, 6) is 1.37. The number of likely N-dealkylation sites (tertiary alicyclic amines) is 1. The fourth-order valence-electron chi connectivity index (χ4n) is 2.85. The van der Waals surface area contributed by atoms with Crippen molar-refractivity contribution in [2.45, 2.75) is 25.3 Å². The summed E-state index contributed by atoms with van der Waals surface area (Å²) in [6.07, 6.45) is 0.983. The predicted octanol–water partition coefficient (Wildman–Crippen LogP) is 1.62. The number of rotatable bonds is 3. The van der Waals surface area contributed by atoms with E-state index in [0.717, 1.165) is 25.3 Å². The Bertz CT molecular complexity index is 448. The van der Waals surface area contributed by atoms with Crippen LogP contribution < -0.4 is 10.1 Å². The standard InChI is InChI=1S/C15H22N2O2/c1-11(18)16-14-7-13(9-17(2)10-14)12-5-4-6-15(8-12)19-3/h4-6,8,13-14H,7,9-10H2,1-3H3,(H,16,18). The molecular formula is C15H22N2O2. The molecule has 1 aliphatic heterocycles. The van der Waals surface area contributed by atoms with Gasteiger partial charge in [0.1, 0.15) is 5.75 Å². The van der Waals surface area contributed by atoms with E-state index in [4.69, 9.17) is 4.74 Å². The molecule has 0 radical (unpaired) electrons. The van der Waals surface area contributed by atoms with Crippen LogP contribution in [0.2, 0.25) is 0 Å². The topological polar surface area (TPSA) is 41.6 Å². The Hall–Kier alpha value is -1.55. The lowest BCUT2D eigenvalue weighted by Crippen LogP contribution is -2.48. The third-order valence-corrected chi connectivity index (χ3v) is 3.61. The minimum atomic E-state index is 0.0460. The van der Waals surface area contributed by atoms with Crippen molar-refractivity contribution < 1.29 is 9.53 Å². The molecule has 2 unspecified atom stereocenters. The van der Waals surface area contributed by atoms with Crippen LogP contribution in [0.5, 0.6) is 5.75 Å². The summed E-state index contributed by atoms with van der Waals surface area (Å²) in [6, 6.07) is 8.44. The quantitative estimate of drug-likeness (QED) is 0.900. The van der Waals surface area contributed by atoms with E-state index < -0.39 is 0 Å². The minimum absolute atomic E-state index is 0.0460. The lowest BCUT2D eigenvalue weighted by Gasteiger charge is -2.36. The number of amides is 1. The molecule has 2 atom stereocenters. The summed E-state index contributed by atoms with van der Waals surface area (Å²) >= 11 is 0. The molecule has 1 saturated heterocycles. The molecule has 0 bridgehead atoms. The third-order valence-electron chi connectivity index (χ3n) is 3.61. The Morgan fingerprint density at radius 2 is 2.21 bits per heavy atom. The van der Waals surface area contributed by atoms with Crippen molar-refractivity contribution in [3.05, 3.63) is 29.8 Å². The van der Waals surface area contributed by atoms with Crippen molar-refractivity contribution in [2.75, 3.05) is 27.2 Å². The normalized spacial score (nSPS) is 23.9. The number of ether oxygens (including phenoxy) is 1. The molecule has 104 valence electrons. The van der Waals surface area contributed by atoms with Crippen LogP contribution in [0.4, 0.5) is 0 Å². The lowest BCUT2D eigenvalue weighted by molar-refractivity contribution is -0.120. The lowest BCUT2D eigenvalue weighted by atomic mass is 9.88. The van der Waals surface area contributed by atoms with Crippen LogP contribution >= 0.6 is 0 Å². The first-order chi connectivity index (χ1) is 9.08. The Balaban J connectivity index is 2.11. The van der Waals surface area contributed by atoms with E-state index >= 15 is 0 Å². The highest BCUT2D eigenvalue weighted by atomic mass is 16.5. The average molecular weight is 262 g/mol. The molecule has 4 heteroatoms. The van der Waals surface area contributed by atoms with Crippen LogP contribution in [0.1, 0.15) is 24.8 Å². The van der Waals surface area contributed by atoms with Gasteiger partial charge in [0, 0.05) is 26.1 Å². The maximum atomic E-state index is 11.2. The molecule has 1 amide bonds. The van der Waals surface area contributed by atoms with Gasteiger partial charge >= 0.3 is 0 Å². The molecular weight excluding hydrogens is 240 g/mol. The van der Waals surface area contributed by atoms with E-state index in [1.165, 1.54) is 5.56 Å². The number of carbonyl (C=O) groups is 1. The number of likely N-dealkylation sites (N-methyl/N-ethyl adjacent to an activating group) is 1. The molecule has 0 aromatic heterocycles. The molecule has 0 spiro atoms. The van der Waals surface area contributed by atoms with Crippen molar-refractivity contribution in [1.29, 1.82) is 0 Å². The van der Waals surface area contributed by atoms with Gasteiger partial charge in [0.15, 0.2) is 0 Å². The number of nitrogens with one attached hydrogen (secondary N) is 1. The van der Waals surface area contributed by atoms with Crippen molar-refractivity contribution in [3.8, 4) is 5.75 Å². The Morgan fingerprint density at radius 3 is 2.89 bits per heavy atom. The maximum Gasteiger partial charge on any atom is 0.217 e. The highest BCUT2D eigenvalue weighted by Gasteiger charge is 2.26. The molecule has 2 rings (SSSR count). The van der Waals surface area contributed by atoms with Crippen LogP contribution in [-0.2, 0) is 4.79 Å². The van der Waals surface area contributed by atoms with Gasteiger partial charge in [0.2, 0.25) is 5.91 Å². The van der Waals surface area contributed by atoms with Gasteiger partial charge in [-0.25, -0.2) is 0 Å². The largest absolute Gasteiger partial charge is 0.497 e. The first kappa shape index (κ1) is 13.9. The van der Waals surface area contributed by atoms with Crippen molar-refractivity contribution in [3.63, 3.8) is 0 Å². The summed E-state index contributed by atoms with van der Waals surface area (Å²) in [7, 11) is 3.79. The average Bonchev–Trinajstić information content (AvgIpc) is 2.37. The first-order valence-corrected chi connectivity index (χ1v) is 6.68. The van der Waals surface area contributed by atoms with Crippen molar-refractivity contribution >= 4 is 5.91 Å². The molecule has 1 aliphatic rings. The highest BCUT2D eigenvalue weighted by Crippen LogP contribution is 2.28. The van der Waals surface area contributed by atoms with Crippen LogP contribution in [0.3, 0.4) is 0 Å². The van der Waals surface area contributed by atoms with E-state index in [-0.39, 0.29) is 11.9 Å². The van der Waals surface area contributed by atoms with Gasteiger partial charge in [0.05, 0.1) is 7.11 Å². The van der Waals surface area contributed by atoms with Gasteiger partial charge < -0.3 is 15.0 Å². The fraction of sp³-hybridized carbons (Fsp3) is 0.533. The molecule has 0 aliphatic carbocycles. The van der Waals surface area contributed by atoms with E-state index in [9.17, 15) is 4.79 Å². The minimum Gasteiger partial charge on any atom is -0.497 e. The Morgan fingerprint density at radius 1 is 1.42 bits per heavy atom. The van der Waals surface area contributed by atoms with Gasteiger partial charge in [0.25, 0.3) is 0 Å². The van der Waals surface area contributed by atoms with Gasteiger partial charge in [-0.15, -0.1) is 0 Å². The summed E-state index contributed by atoms with van der Waals surface area (Å²) in [5.41, 5.74) is 1.28. The van der Waals surface area contributed by atoms with E-state index in [1.807, 2.05) is 12.1 Å². The predicted molar refractivity (Wildman–Crippen MR) is 75.5 cm³/mol. The van der Waals surface area contributed by atoms with Gasteiger partial charge in [-0.3, -0.25) is 4.79 Å². The second-order valence-corrected chi connectivity index (χ2v) is 5.33. The number of hydrogen-bond donors (Lipinski definition) is 1. The van der Waals surface area contributed by atoms with E-state index in [0.29, 0.717) is 5.92 Å². The van der Waals surface area contributed by atoms with Crippen LogP contribution in [-0.4, -0.2) is 44.1 Å². The summed E-state index contributed by atoms with van der Waals surface area (Å²) in [6.45, 7) is 3.51. The zero-order valence-corrected chi connectivity index (χ0v) is 11.8. The molecule has 1 fully saturated rings. The SMILES string of the molecule is COc1cccc(C2CC(NC(C)=O)CN(C)C2)c1. The zero-order chi connectivity index (χ0) is 13.8. The van der Waals surface area contributed by atoms with Crippen LogP contribution in [0.25, 0.3) is 0 Å². The molecule has 1 N–H and O–H groups in total. The smallest absolute Gasteiger partial charge is 0.217 e. The molecule has 1 aromatic rings. The van der Waals surface area contributed by atoms with Gasteiger partial charge in [-0.05, 0) is 37.1 Å². The van der Waals surface area contributed by atoms with Crippen LogP contribution in [0.15, 0.2) is 24.3 Å². The molecule has 1 heterocycles. The van der Waals surface area contributed by atoms with Gasteiger partial charge in [-0.1, -0.05) is 12.1 Å². The van der Waals surface area contributed by atoms with E-state index in [2.05, 4.69) is 29.4 Å². The molecule has 19 heavy (non-hydrogen) atoms. The third kappa shape index (κ3) is 3.70. The first-order valence-electron chi connectivity index (χ1n) is 6.68. The maximum absolute atomic E-state index is 11.2. The van der Waals surface area contributed by atoms with Gasteiger partial charge in [-0.2, -0.15) is 0 Å². The summed E-state index contributed by atoms with van der Waals surface area (Å²) in [4.78, 5) is 13.5. The second kappa shape index (κ2) is 6.06. The number of benzene rings is 1. The Labute approximate surface area is 114 Å². The van der Waals surface area contributed by atoms with E-state index in [1.54, 1.807) is 14.0 Å². The number of nitrogens with zero attached hydrogens (tertiary/aromatic N) is 1. The number of carbonyl (C=O) groups excluding carboxylic acids is 1. The fourth-order valence-corrected chi connectivity index (χ4v) is 2.85. The molecule has 1 aromatic carbocycles. The van der Waals surface area contributed by atoms with Crippen LogP contribution in [0, 0.1) is 0 Å². The molecule has 0 saturated carbocycles. The highest BCUT2D eigenvalue weighted by molar-refractivity contribution is 5.73. The summed E-state index contributed by atoms with van der Waals surface area (Å²) in [5, 5.41) is 3.03. The molecule has 4 nitrogen and oxygen atoms in total. The number of piperidine rings is 1. The van der Waals surface area contributed by atoms with Crippen molar-refractivity contribution in [2.24, 2.45) is 0 Å². The number of methoxy groups -OCH3 is 1.